The topological polar surface area (TPSA) is 62.0 Å². The van der Waals surface area contributed by atoms with Gasteiger partial charge in [-0.15, -0.1) is 0 Å². The Balaban J connectivity index is 1.39. The van der Waals surface area contributed by atoms with Gasteiger partial charge in [0.1, 0.15) is 0 Å². The molecule has 2 aliphatic rings. The van der Waals surface area contributed by atoms with Crippen molar-refractivity contribution < 1.29 is 4.74 Å². The number of aromatic nitrogens is 2. The lowest BCUT2D eigenvalue weighted by Gasteiger charge is -2.31. The predicted molar refractivity (Wildman–Crippen MR) is 86.0 cm³/mol. The Labute approximate surface area is 131 Å². The number of hydrogen-bond acceptors (Lipinski definition) is 3. The summed E-state index contributed by atoms with van der Waals surface area (Å²) in [6.45, 7) is 0.691. The van der Waals surface area contributed by atoms with Gasteiger partial charge >= 0.3 is 0 Å². The maximum atomic E-state index is 5.90. The molecule has 1 saturated carbocycles. The number of thiocarbonyl (C=S) groups is 1. The van der Waals surface area contributed by atoms with Crippen molar-refractivity contribution in [3.8, 4) is 0 Å². The van der Waals surface area contributed by atoms with Crippen LogP contribution in [0.15, 0.2) is 12.5 Å². The molecule has 0 amide bonds. The van der Waals surface area contributed by atoms with E-state index in [4.69, 9.17) is 17.0 Å². The highest BCUT2D eigenvalue weighted by Crippen LogP contribution is 2.26. The van der Waals surface area contributed by atoms with Crippen LogP contribution in [0, 0.1) is 0 Å². The Kier molecular flexibility index (Phi) is 5.08. The maximum absolute atomic E-state index is 5.90. The van der Waals surface area contributed by atoms with Crippen LogP contribution in [0.4, 0.5) is 0 Å². The molecular weight excluding hydrogens is 284 g/mol. The number of imidazole rings is 1. The molecule has 1 aliphatic heterocycles. The maximum Gasteiger partial charge on any atom is 0.166 e. The first kappa shape index (κ1) is 14.8. The van der Waals surface area contributed by atoms with Crippen molar-refractivity contribution in [2.75, 3.05) is 6.61 Å². The van der Waals surface area contributed by atoms with E-state index in [2.05, 4.69) is 20.6 Å². The van der Waals surface area contributed by atoms with Gasteiger partial charge in [-0.3, -0.25) is 0 Å². The third-order valence-corrected chi connectivity index (χ3v) is 4.65. The highest BCUT2D eigenvalue weighted by atomic mass is 32.1. The molecule has 116 valence electrons. The SMILES string of the molecule is S=C(NC1CCCCC1)N[C@@H]1CC[C@@H](c2cnc[nH]2)OC1. The standard InChI is InChI=1S/C15H24N4OS/c21-15(18-11-4-2-1-3-5-11)19-12-6-7-14(20-9-12)13-8-16-10-17-13/h8,10-12,14H,1-7,9H2,(H,16,17)(H2,18,19,21)/t12-,14+/m1/s1. The molecule has 1 aromatic rings. The molecule has 1 aliphatic carbocycles. The van der Waals surface area contributed by atoms with Gasteiger partial charge in [0.25, 0.3) is 0 Å². The summed E-state index contributed by atoms with van der Waals surface area (Å²) in [5, 5.41) is 7.64. The van der Waals surface area contributed by atoms with E-state index >= 15 is 0 Å². The quantitative estimate of drug-likeness (QED) is 0.749. The van der Waals surface area contributed by atoms with Gasteiger partial charge in [0.15, 0.2) is 5.11 Å². The molecular formula is C15H24N4OS. The van der Waals surface area contributed by atoms with Crippen molar-refractivity contribution in [2.45, 2.75) is 63.1 Å². The van der Waals surface area contributed by atoms with Gasteiger partial charge in [-0.1, -0.05) is 19.3 Å². The van der Waals surface area contributed by atoms with Crippen LogP contribution in [0.3, 0.4) is 0 Å². The zero-order valence-electron chi connectivity index (χ0n) is 12.3. The highest BCUT2D eigenvalue weighted by Gasteiger charge is 2.24. The summed E-state index contributed by atoms with van der Waals surface area (Å²) in [6.07, 6.45) is 12.2. The van der Waals surface area contributed by atoms with Crippen LogP contribution >= 0.6 is 12.2 Å². The van der Waals surface area contributed by atoms with Gasteiger partial charge in [0, 0.05) is 6.04 Å². The molecule has 1 saturated heterocycles. The van der Waals surface area contributed by atoms with Gasteiger partial charge in [-0.2, -0.15) is 0 Å². The van der Waals surface area contributed by atoms with Crippen LogP contribution in [0.5, 0.6) is 0 Å². The first-order chi connectivity index (χ1) is 10.3. The Morgan fingerprint density at radius 1 is 1.14 bits per heavy atom. The van der Waals surface area contributed by atoms with Crippen molar-refractivity contribution in [3.05, 3.63) is 18.2 Å². The fraction of sp³-hybridized carbons (Fsp3) is 0.733. The van der Waals surface area contributed by atoms with Crippen molar-refractivity contribution >= 4 is 17.3 Å². The Morgan fingerprint density at radius 2 is 1.95 bits per heavy atom. The van der Waals surface area contributed by atoms with Gasteiger partial charge in [0.2, 0.25) is 0 Å². The van der Waals surface area contributed by atoms with Crippen molar-refractivity contribution in [2.24, 2.45) is 0 Å². The molecule has 21 heavy (non-hydrogen) atoms. The average molecular weight is 308 g/mol. The Hall–Kier alpha value is -1.14. The Morgan fingerprint density at radius 3 is 2.62 bits per heavy atom. The summed E-state index contributed by atoms with van der Waals surface area (Å²) in [6, 6.07) is 0.869. The molecule has 1 aromatic heterocycles. The lowest BCUT2D eigenvalue weighted by Crippen LogP contribution is -2.49. The Bertz CT molecular complexity index is 437. The largest absolute Gasteiger partial charge is 0.370 e. The predicted octanol–water partition coefficient (Wildman–Crippen LogP) is 2.43. The molecule has 3 N–H and O–H groups in total. The lowest BCUT2D eigenvalue weighted by molar-refractivity contribution is -0.00231. The summed E-state index contributed by atoms with van der Waals surface area (Å²) < 4.78 is 5.90. The fourth-order valence-corrected chi connectivity index (χ4v) is 3.55. The zero-order valence-corrected chi connectivity index (χ0v) is 13.1. The molecule has 0 spiro atoms. The molecule has 2 fully saturated rings. The molecule has 0 unspecified atom stereocenters. The second-order valence-electron chi connectivity index (χ2n) is 6.06. The van der Waals surface area contributed by atoms with Crippen LogP contribution < -0.4 is 10.6 Å². The smallest absolute Gasteiger partial charge is 0.166 e. The first-order valence-corrected chi connectivity index (χ1v) is 8.39. The molecule has 0 aromatic carbocycles. The summed E-state index contributed by atoms with van der Waals surface area (Å²) in [5.74, 6) is 0. The number of ether oxygens (including phenoxy) is 1. The summed E-state index contributed by atoms with van der Waals surface area (Å²) in [4.78, 5) is 7.17. The van der Waals surface area contributed by atoms with Crippen molar-refractivity contribution in [1.29, 1.82) is 0 Å². The number of hydrogen-bond donors (Lipinski definition) is 3. The number of nitrogens with one attached hydrogen (secondary N) is 3. The van der Waals surface area contributed by atoms with Crippen LogP contribution in [0.1, 0.15) is 56.7 Å². The van der Waals surface area contributed by atoms with Crippen LogP contribution in [-0.4, -0.2) is 33.8 Å². The molecule has 5 nitrogen and oxygen atoms in total. The molecule has 0 bridgehead atoms. The molecule has 0 radical (unpaired) electrons. The van der Waals surface area contributed by atoms with E-state index in [0.717, 1.165) is 23.6 Å². The van der Waals surface area contributed by atoms with Crippen LogP contribution in [0.25, 0.3) is 0 Å². The zero-order chi connectivity index (χ0) is 14.5. The van der Waals surface area contributed by atoms with Gasteiger partial charge in [-0.05, 0) is 37.9 Å². The highest BCUT2D eigenvalue weighted by molar-refractivity contribution is 7.80. The van der Waals surface area contributed by atoms with E-state index in [0.29, 0.717) is 18.7 Å². The molecule has 2 atom stereocenters. The number of aromatic amines is 1. The van der Waals surface area contributed by atoms with Crippen molar-refractivity contribution in [1.82, 2.24) is 20.6 Å². The summed E-state index contributed by atoms with van der Waals surface area (Å²) in [5.41, 5.74) is 1.07. The number of nitrogens with zero attached hydrogens (tertiary/aromatic N) is 1. The van der Waals surface area contributed by atoms with Crippen LogP contribution in [0.2, 0.25) is 0 Å². The number of rotatable bonds is 3. The van der Waals surface area contributed by atoms with E-state index in [1.807, 2.05) is 6.20 Å². The van der Waals surface area contributed by atoms with E-state index in [1.165, 1.54) is 32.1 Å². The van der Waals surface area contributed by atoms with E-state index in [9.17, 15) is 0 Å². The minimum Gasteiger partial charge on any atom is -0.370 e. The van der Waals surface area contributed by atoms with E-state index < -0.39 is 0 Å². The summed E-state index contributed by atoms with van der Waals surface area (Å²) >= 11 is 5.43. The monoisotopic (exact) mass is 308 g/mol. The van der Waals surface area contributed by atoms with Gasteiger partial charge in [-0.25, -0.2) is 4.98 Å². The normalized spacial score (nSPS) is 27.2. The second-order valence-corrected chi connectivity index (χ2v) is 6.46. The minimum absolute atomic E-state index is 0.144. The third kappa shape index (κ3) is 4.17. The summed E-state index contributed by atoms with van der Waals surface area (Å²) in [7, 11) is 0. The lowest BCUT2D eigenvalue weighted by atomic mass is 9.96. The molecule has 2 heterocycles. The van der Waals surface area contributed by atoms with E-state index in [-0.39, 0.29) is 6.10 Å². The van der Waals surface area contributed by atoms with Gasteiger partial charge in [0.05, 0.1) is 37.0 Å². The van der Waals surface area contributed by atoms with Gasteiger partial charge < -0.3 is 20.4 Å². The fourth-order valence-electron chi connectivity index (χ4n) is 3.21. The molecule has 3 rings (SSSR count). The second kappa shape index (κ2) is 7.22. The minimum atomic E-state index is 0.144. The molecule has 6 heteroatoms. The first-order valence-electron chi connectivity index (χ1n) is 7.98. The van der Waals surface area contributed by atoms with Crippen LogP contribution in [-0.2, 0) is 4.74 Å². The van der Waals surface area contributed by atoms with E-state index in [1.54, 1.807) is 6.33 Å². The van der Waals surface area contributed by atoms with Crippen molar-refractivity contribution in [3.63, 3.8) is 0 Å². The third-order valence-electron chi connectivity index (χ3n) is 4.42. The average Bonchev–Trinajstić information content (AvgIpc) is 3.03. The number of H-pyrrole nitrogens is 1.